The minimum absolute atomic E-state index is 0.479. The van der Waals surface area contributed by atoms with Crippen LogP contribution in [-0.4, -0.2) is 26.5 Å². The van der Waals surface area contributed by atoms with Crippen LogP contribution in [-0.2, 0) is 23.4 Å². The van der Waals surface area contributed by atoms with E-state index in [1.165, 1.54) is 14.2 Å². The number of ether oxygens (including phenoxy) is 2. The number of benzene rings is 2. The summed E-state index contributed by atoms with van der Waals surface area (Å²) < 4.78 is 28.7. The van der Waals surface area contributed by atoms with E-state index in [4.69, 9.17) is 9.26 Å². The summed E-state index contributed by atoms with van der Waals surface area (Å²) in [6, 6.07) is 17.4. The van der Waals surface area contributed by atoms with Crippen LogP contribution in [0.4, 0.5) is 0 Å². The average molecular weight is 320 g/mol. The molecule has 1 atom stereocenters. The predicted octanol–water partition coefficient (Wildman–Crippen LogP) is 2.08. The highest BCUT2D eigenvalue weighted by atomic mass is 31.2. The second-order valence-corrected chi connectivity index (χ2v) is 6.77. The van der Waals surface area contributed by atoms with E-state index in [-0.39, 0.29) is 0 Å². The molecule has 0 saturated carbocycles. The number of carbonyl (C=O) groups excluding carboxylic acids is 1. The first-order chi connectivity index (χ1) is 10.6. The van der Waals surface area contributed by atoms with Crippen LogP contribution in [0.2, 0.25) is 0 Å². The Morgan fingerprint density at radius 3 is 1.73 bits per heavy atom. The first kappa shape index (κ1) is 16.4. The molecule has 0 N–H and O–H groups in total. The van der Waals surface area contributed by atoms with Crippen LogP contribution in [0.1, 0.15) is 0 Å². The maximum Gasteiger partial charge on any atom is 0.363 e. The van der Waals surface area contributed by atoms with Crippen LogP contribution in [0.25, 0.3) is 0 Å². The summed E-state index contributed by atoms with van der Waals surface area (Å²) in [4.78, 5) is 11.7. The lowest BCUT2D eigenvalue weighted by Crippen LogP contribution is -2.31. The molecule has 0 aliphatic heterocycles. The van der Waals surface area contributed by atoms with Crippen LogP contribution < -0.4 is 10.6 Å². The van der Waals surface area contributed by atoms with Gasteiger partial charge in [0, 0.05) is 17.7 Å². The lowest BCUT2D eigenvalue weighted by Gasteiger charge is -2.23. The van der Waals surface area contributed by atoms with Gasteiger partial charge in [-0.25, -0.2) is 4.79 Å². The maximum absolute atomic E-state index is 13.5. The molecule has 0 saturated heterocycles. The van der Waals surface area contributed by atoms with Crippen LogP contribution in [0.5, 0.6) is 0 Å². The van der Waals surface area contributed by atoms with Crippen LogP contribution in [0.3, 0.4) is 0 Å². The zero-order valence-electron chi connectivity index (χ0n) is 12.3. The highest BCUT2D eigenvalue weighted by molar-refractivity contribution is 7.74. The second-order valence-electron chi connectivity index (χ2n) is 4.42. The molecule has 0 heterocycles. The van der Waals surface area contributed by atoms with E-state index in [1.54, 1.807) is 48.5 Å². The first-order valence-corrected chi connectivity index (χ1v) is 8.24. The molecule has 2 aromatic carbocycles. The summed E-state index contributed by atoms with van der Waals surface area (Å²) >= 11 is 0. The van der Waals surface area contributed by atoms with Crippen molar-refractivity contribution in [1.29, 1.82) is 0 Å². The fourth-order valence-electron chi connectivity index (χ4n) is 1.93. The molecule has 6 heteroatoms. The molecular formula is C16H17O5P. The van der Waals surface area contributed by atoms with Gasteiger partial charge in [0.2, 0.25) is 0 Å². The third kappa shape index (κ3) is 3.45. The van der Waals surface area contributed by atoms with Gasteiger partial charge < -0.3 is 9.47 Å². The molecule has 116 valence electrons. The molecule has 0 spiro atoms. The minimum Gasteiger partial charge on any atom is -0.465 e. The number of carbonyl (C=O) groups is 1. The van der Waals surface area contributed by atoms with Gasteiger partial charge in [-0.1, -0.05) is 36.4 Å². The Morgan fingerprint density at radius 2 is 1.36 bits per heavy atom. The van der Waals surface area contributed by atoms with E-state index in [9.17, 15) is 9.36 Å². The van der Waals surface area contributed by atoms with Gasteiger partial charge in [0.05, 0.1) is 7.11 Å². The third-order valence-electron chi connectivity index (χ3n) is 3.04. The van der Waals surface area contributed by atoms with Gasteiger partial charge in [0.15, 0.2) is 0 Å². The second kappa shape index (κ2) is 7.36. The van der Waals surface area contributed by atoms with Crippen molar-refractivity contribution in [1.82, 2.24) is 0 Å². The summed E-state index contributed by atoms with van der Waals surface area (Å²) in [5.74, 6) is -0.741. The Balaban J connectivity index is 2.47. The minimum atomic E-state index is -3.49. The fourth-order valence-corrected chi connectivity index (χ4v) is 4.05. The van der Waals surface area contributed by atoms with E-state index in [2.05, 4.69) is 4.74 Å². The molecule has 22 heavy (non-hydrogen) atoms. The monoisotopic (exact) mass is 320 g/mol. The number of methoxy groups -OCH3 is 2. The summed E-state index contributed by atoms with van der Waals surface area (Å²) in [5.41, 5.74) is 0. The molecule has 0 bridgehead atoms. The molecule has 2 aromatic rings. The molecule has 0 radical (unpaired) electrons. The average Bonchev–Trinajstić information content (AvgIpc) is 2.60. The maximum atomic E-state index is 13.5. The number of esters is 1. The molecule has 0 aromatic heterocycles. The molecule has 5 nitrogen and oxygen atoms in total. The molecule has 0 amide bonds. The summed E-state index contributed by atoms with van der Waals surface area (Å²) in [5, 5.41) is 0.958. The van der Waals surface area contributed by atoms with Crippen molar-refractivity contribution >= 4 is 23.9 Å². The van der Waals surface area contributed by atoms with Gasteiger partial charge in [-0.15, -0.1) is 0 Å². The van der Waals surface area contributed by atoms with E-state index >= 15 is 0 Å². The zero-order valence-corrected chi connectivity index (χ0v) is 13.2. The zero-order chi connectivity index (χ0) is 16.0. The largest absolute Gasteiger partial charge is 0.465 e. The van der Waals surface area contributed by atoms with E-state index in [0.29, 0.717) is 10.6 Å². The van der Waals surface area contributed by atoms with Crippen molar-refractivity contribution in [3.8, 4) is 0 Å². The van der Waals surface area contributed by atoms with Crippen LogP contribution in [0.15, 0.2) is 60.7 Å². The van der Waals surface area contributed by atoms with Crippen LogP contribution in [0, 0.1) is 0 Å². The molecular weight excluding hydrogens is 303 g/mol. The van der Waals surface area contributed by atoms with Gasteiger partial charge in [0.25, 0.3) is 13.7 Å². The van der Waals surface area contributed by atoms with Gasteiger partial charge in [-0.2, -0.15) is 0 Å². The Kier molecular flexibility index (Phi) is 5.50. The Labute approximate surface area is 129 Å². The Bertz CT molecular complexity index is 613. The van der Waals surface area contributed by atoms with Gasteiger partial charge in [0.1, 0.15) is 0 Å². The molecule has 1 unspecified atom stereocenters. The fraction of sp³-hybridized carbons (Fsp3) is 0.188. The normalized spacial score (nSPS) is 12.6. The standard InChI is InChI=1S/C16H17O5P/c1-19-15(17)16(20-2)21-22(18,13-9-5-3-6-10-13)14-11-7-4-8-12-14/h3-12,16H,1-2H3. The quantitative estimate of drug-likeness (QED) is 0.463. The molecule has 2 rings (SSSR count). The molecule has 0 fully saturated rings. The SMILES string of the molecule is COC(=O)C(OC)OP(=O)(c1ccccc1)c1ccccc1. The predicted molar refractivity (Wildman–Crippen MR) is 83.7 cm³/mol. The lowest BCUT2D eigenvalue weighted by molar-refractivity contribution is -0.169. The van der Waals surface area contributed by atoms with Crippen molar-refractivity contribution in [2.45, 2.75) is 6.29 Å². The van der Waals surface area contributed by atoms with Gasteiger partial charge in [-0.3, -0.25) is 9.09 Å². The lowest BCUT2D eigenvalue weighted by atomic mass is 10.4. The Morgan fingerprint density at radius 1 is 0.909 bits per heavy atom. The summed E-state index contributed by atoms with van der Waals surface area (Å²) in [6.45, 7) is 0. The van der Waals surface area contributed by atoms with Gasteiger partial charge in [-0.05, 0) is 24.3 Å². The highest BCUT2D eigenvalue weighted by Crippen LogP contribution is 2.46. The van der Waals surface area contributed by atoms with E-state index in [1.807, 2.05) is 12.1 Å². The number of hydrogen-bond donors (Lipinski definition) is 0. The van der Waals surface area contributed by atoms with Crippen LogP contribution >= 0.6 is 7.37 Å². The first-order valence-electron chi connectivity index (χ1n) is 6.62. The van der Waals surface area contributed by atoms with Crippen molar-refractivity contribution < 1.29 is 23.4 Å². The van der Waals surface area contributed by atoms with E-state index < -0.39 is 19.6 Å². The topological polar surface area (TPSA) is 61.8 Å². The summed E-state index contributed by atoms with van der Waals surface area (Å²) in [6.07, 6.45) is -1.36. The highest BCUT2D eigenvalue weighted by Gasteiger charge is 2.35. The van der Waals surface area contributed by atoms with Gasteiger partial charge >= 0.3 is 5.97 Å². The molecule has 0 aliphatic rings. The van der Waals surface area contributed by atoms with Crippen molar-refractivity contribution in [3.63, 3.8) is 0 Å². The van der Waals surface area contributed by atoms with Crippen molar-refractivity contribution in [3.05, 3.63) is 60.7 Å². The Hall–Kier alpha value is -1.94. The van der Waals surface area contributed by atoms with E-state index in [0.717, 1.165) is 0 Å². The van der Waals surface area contributed by atoms with Crippen molar-refractivity contribution in [2.24, 2.45) is 0 Å². The number of hydrogen-bond acceptors (Lipinski definition) is 5. The smallest absolute Gasteiger partial charge is 0.363 e. The van der Waals surface area contributed by atoms with Crippen molar-refractivity contribution in [2.75, 3.05) is 14.2 Å². The summed E-state index contributed by atoms with van der Waals surface area (Å²) in [7, 11) is -0.980. The number of rotatable bonds is 6. The molecule has 0 aliphatic carbocycles. The third-order valence-corrected chi connectivity index (χ3v) is 5.49.